The first-order valence-corrected chi connectivity index (χ1v) is 7.81. The van der Waals surface area contributed by atoms with Crippen LogP contribution in [-0.2, 0) is 10.0 Å². The fourth-order valence-corrected chi connectivity index (χ4v) is 3.22. The number of rotatable bonds is 6. The monoisotopic (exact) mass is 305 g/mol. The Labute approximate surface area is 117 Å². The highest BCUT2D eigenvalue weighted by Crippen LogP contribution is 2.21. The van der Waals surface area contributed by atoms with E-state index in [1.54, 1.807) is 0 Å². The zero-order valence-electron chi connectivity index (χ0n) is 10.7. The predicted molar refractivity (Wildman–Crippen MR) is 75.3 cm³/mol. The van der Waals surface area contributed by atoms with E-state index in [1.807, 2.05) is 13.8 Å². The summed E-state index contributed by atoms with van der Waals surface area (Å²) in [5.41, 5.74) is 0.0653. The van der Waals surface area contributed by atoms with Gasteiger partial charge in [-0.25, -0.2) is 13.2 Å². The molecule has 1 aromatic rings. The molecule has 19 heavy (non-hydrogen) atoms. The topological polar surface area (TPSA) is 83.5 Å². The van der Waals surface area contributed by atoms with Gasteiger partial charge >= 0.3 is 5.97 Å². The molecule has 1 aromatic carbocycles. The summed E-state index contributed by atoms with van der Waals surface area (Å²) in [4.78, 5) is 10.9. The highest BCUT2D eigenvalue weighted by molar-refractivity contribution is 7.92. The second kappa shape index (κ2) is 6.25. The molecule has 1 rings (SSSR count). The van der Waals surface area contributed by atoms with E-state index in [0.29, 0.717) is 0 Å². The van der Waals surface area contributed by atoms with Gasteiger partial charge in [-0.05, 0) is 24.1 Å². The van der Waals surface area contributed by atoms with E-state index in [-0.39, 0.29) is 27.9 Å². The third kappa shape index (κ3) is 4.72. The molecule has 106 valence electrons. The Morgan fingerprint density at radius 1 is 1.47 bits per heavy atom. The average Bonchev–Trinajstić information content (AvgIpc) is 2.30. The molecule has 5 nitrogen and oxygen atoms in total. The first-order chi connectivity index (χ1) is 8.75. The van der Waals surface area contributed by atoms with Gasteiger partial charge in [-0.1, -0.05) is 31.9 Å². The first-order valence-electron chi connectivity index (χ1n) is 5.78. The molecular weight excluding hydrogens is 290 g/mol. The minimum Gasteiger partial charge on any atom is -0.478 e. The molecule has 0 amide bonds. The van der Waals surface area contributed by atoms with Gasteiger partial charge in [-0.2, -0.15) is 0 Å². The summed E-state index contributed by atoms with van der Waals surface area (Å²) < 4.78 is 26.0. The molecule has 0 saturated heterocycles. The van der Waals surface area contributed by atoms with Crippen molar-refractivity contribution in [1.29, 1.82) is 0 Å². The second-order valence-corrected chi connectivity index (χ2v) is 6.57. The van der Waals surface area contributed by atoms with Gasteiger partial charge < -0.3 is 5.11 Å². The van der Waals surface area contributed by atoms with Crippen molar-refractivity contribution >= 4 is 33.3 Å². The lowest BCUT2D eigenvalue weighted by Gasteiger charge is -2.12. The largest absolute Gasteiger partial charge is 0.478 e. The summed E-state index contributed by atoms with van der Waals surface area (Å²) in [7, 11) is -3.49. The Kier molecular flexibility index (Phi) is 5.20. The Balaban J connectivity index is 2.94. The van der Waals surface area contributed by atoms with Gasteiger partial charge in [-0.15, -0.1) is 0 Å². The highest BCUT2D eigenvalue weighted by atomic mass is 35.5. The van der Waals surface area contributed by atoms with E-state index in [1.165, 1.54) is 18.2 Å². The van der Waals surface area contributed by atoms with Crippen molar-refractivity contribution in [3.63, 3.8) is 0 Å². The number of carbonyl (C=O) groups is 1. The van der Waals surface area contributed by atoms with E-state index >= 15 is 0 Å². The maximum Gasteiger partial charge on any atom is 0.337 e. The Morgan fingerprint density at radius 3 is 2.63 bits per heavy atom. The van der Waals surface area contributed by atoms with E-state index < -0.39 is 16.0 Å². The van der Waals surface area contributed by atoms with Crippen molar-refractivity contribution in [2.75, 3.05) is 10.5 Å². The highest BCUT2D eigenvalue weighted by Gasteiger charge is 2.16. The quantitative estimate of drug-likeness (QED) is 0.846. The van der Waals surface area contributed by atoms with Crippen LogP contribution in [0.4, 0.5) is 5.69 Å². The molecule has 0 radical (unpaired) electrons. The predicted octanol–water partition coefficient (Wildman–Crippen LogP) is 2.83. The molecule has 0 aromatic heterocycles. The number of hydrogen-bond donors (Lipinski definition) is 2. The molecule has 0 spiro atoms. The number of sulfonamides is 1. The summed E-state index contributed by atoms with van der Waals surface area (Å²) in [5.74, 6) is -1.18. The number of anilines is 1. The van der Waals surface area contributed by atoms with Crippen molar-refractivity contribution in [1.82, 2.24) is 0 Å². The number of hydrogen-bond acceptors (Lipinski definition) is 3. The van der Waals surface area contributed by atoms with Crippen LogP contribution in [0.15, 0.2) is 18.2 Å². The first kappa shape index (κ1) is 15.8. The van der Waals surface area contributed by atoms with Gasteiger partial charge in [0.15, 0.2) is 0 Å². The van der Waals surface area contributed by atoms with Crippen molar-refractivity contribution in [2.45, 2.75) is 20.3 Å². The minimum absolute atomic E-state index is 0.00543. The lowest BCUT2D eigenvalue weighted by atomic mass is 10.2. The fourth-order valence-electron chi connectivity index (χ4n) is 1.47. The number of benzene rings is 1. The molecule has 2 N–H and O–H groups in total. The number of carboxylic acid groups (broad SMARTS) is 1. The molecule has 0 aliphatic rings. The lowest BCUT2D eigenvalue weighted by molar-refractivity contribution is 0.0697. The van der Waals surface area contributed by atoms with Crippen molar-refractivity contribution in [3.8, 4) is 0 Å². The maximum atomic E-state index is 11.8. The average molecular weight is 306 g/mol. The zero-order valence-corrected chi connectivity index (χ0v) is 12.3. The van der Waals surface area contributed by atoms with E-state index in [4.69, 9.17) is 16.7 Å². The minimum atomic E-state index is -3.49. The standard InChI is InChI=1S/C12H16ClNO4S/c1-3-8(2)7-19(17,18)14-9-4-5-11(13)10(6-9)12(15)16/h4-6,8,14H,3,7H2,1-2H3,(H,15,16). The van der Waals surface area contributed by atoms with Gasteiger partial charge in [0, 0.05) is 5.69 Å². The van der Waals surface area contributed by atoms with Crippen LogP contribution < -0.4 is 4.72 Å². The van der Waals surface area contributed by atoms with Crippen LogP contribution in [0.3, 0.4) is 0 Å². The third-order valence-electron chi connectivity index (χ3n) is 2.67. The molecule has 0 saturated carbocycles. The molecular formula is C12H16ClNO4S. The van der Waals surface area contributed by atoms with Crippen LogP contribution >= 0.6 is 11.6 Å². The summed E-state index contributed by atoms with van der Waals surface area (Å²) in [6, 6.07) is 3.99. The van der Waals surface area contributed by atoms with E-state index in [2.05, 4.69) is 4.72 Å². The second-order valence-electron chi connectivity index (χ2n) is 4.40. The van der Waals surface area contributed by atoms with E-state index in [9.17, 15) is 13.2 Å². The van der Waals surface area contributed by atoms with Crippen LogP contribution in [0.25, 0.3) is 0 Å². The third-order valence-corrected chi connectivity index (χ3v) is 4.56. The van der Waals surface area contributed by atoms with Crippen LogP contribution in [0.1, 0.15) is 30.6 Å². The summed E-state index contributed by atoms with van der Waals surface area (Å²) >= 11 is 5.71. The zero-order chi connectivity index (χ0) is 14.6. The molecule has 1 unspecified atom stereocenters. The summed E-state index contributed by atoms with van der Waals surface area (Å²) in [5, 5.41) is 8.98. The van der Waals surface area contributed by atoms with Gasteiger partial charge in [0.1, 0.15) is 0 Å². The lowest BCUT2D eigenvalue weighted by Crippen LogP contribution is -2.21. The summed E-state index contributed by atoms with van der Waals surface area (Å²) in [6.45, 7) is 3.74. The number of aromatic carboxylic acids is 1. The van der Waals surface area contributed by atoms with Crippen LogP contribution in [0, 0.1) is 5.92 Å². The van der Waals surface area contributed by atoms with Crippen LogP contribution in [0.5, 0.6) is 0 Å². The number of halogens is 1. The van der Waals surface area contributed by atoms with Crippen LogP contribution in [0.2, 0.25) is 5.02 Å². The molecule has 7 heteroatoms. The van der Waals surface area contributed by atoms with Gasteiger partial charge in [0.05, 0.1) is 16.3 Å². The maximum absolute atomic E-state index is 11.8. The Bertz CT molecular complexity index is 571. The van der Waals surface area contributed by atoms with Crippen molar-refractivity contribution in [2.24, 2.45) is 5.92 Å². The van der Waals surface area contributed by atoms with Crippen LogP contribution in [-0.4, -0.2) is 25.2 Å². The molecule has 0 aliphatic heterocycles. The Hall–Kier alpha value is -1.27. The van der Waals surface area contributed by atoms with Crippen molar-refractivity contribution in [3.05, 3.63) is 28.8 Å². The molecule has 0 heterocycles. The SMILES string of the molecule is CCC(C)CS(=O)(=O)Nc1ccc(Cl)c(C(=O)O)c1. The normalized spacial score (nSPS) is 13.0. The van der Waals surface area contributed by atoms with Gasteiger partial charge in [0.25, 0.3) is 0 Å². The smallest absolute Gasteiger partial charge is 0.337 e. The number of nitrogens with one attached hydrogen (secondary N) is 1. The molecule has 1 atom stereocenters. The van der Waals surface area contributed by atoms with Gasteiger partial charge in [0.2, 0.25) is 10.0 Å². The Morgan fingerprint density at radius 2 is 2.11 bits per heavy atom. The van der Waals surface area contributed by atoms with E-state index in [0.717, 1.165) is 6.42 Å². The fraction of sp³-hybridized carbons (Fsp3) is 0.417. The summed E-state index contributed by atoms with van der Waals surface area (Å²) in [6.07, 6.45) is 0.752. The van der Waals surface area contributed by atoms with Crippen molar-refractivity contribution < 1.29 is 18.3 Å². The molecule has 0 fully saturated rings. The molecule has 0 aliphatic carbocycles. The molecule has 0 bridgehead atoms. The number of carboxylic acids is 1. The van der Waals surface area contributed by atoms with Gasteiger partial charge in [-0.3, -0.25) is 4.72 Å².